The molecule has 6 heteroatoms. The van der Waals surface area contributed by atoms with Gasteiger partial charge in [-0.05, 0) is 127 Å². The summed E-state index contributed by atoms with van der Waals surface area (Å²) < 4.78 is 17.6. The first-order chi connectivity index (χ1) is 26.0. The second-order valence-electron chi connectivity index (χ2n) is 15.5. The standard InChI is InChI=1S/C48H64O6/c1-8-10-11-13-37-15-17-39(18-16-37)40-19-21-41(22-20-40)42-23-25-43(26-24-42)45-28-44(14-12-27-52-47(51)35(5)6)46(29-38(45)9-2)54-33-48(30-49,31-50)32-53-36(7)34(3)4/h19-26,28-29,37,39,49-50H,3,5,7-18,27,30-33H2,1-2,4,6H3. The minimum Gasteiger partial charge on any atom is -0.493 e. The average molecular weight is 737 g/mol. The van der Waals surface area contributed by atoms with Crippen molar-refractivity contribution in [1.82, 2.24) is 0 Å². The van der Waals surface area contributed by atoms with Crippen LogP contribution in [0.2, 0.25) is 0 Å². The second-order valence-corrected chi connectivity index (χ2v) is 15.5. The van der Waals surface area contributed by atoms with Crippen molar-refractivity contribution in [2.45, 2.75) is 104 Å². The van der Waals surface area contributed by atoms with Crippen molar-refractivity contribution < 1.29 is 29.2 Å². The molecule has 2 N–H and O–H groups in total. The summed E-state index contributed by atoms with van der Waals surface area (Å²) in [6.07, 6.45) is 12.7. The van der Waals surface area contributed by atoms with Gasteiger partial charge in [-0.15, -0.1) is 0 Å². The Morgan fingerprint density at radius 1 is 0.759 bits per heavy atom. The fraction of sp³-hybridized carbons (Fsp3) is 0.479. The van der Waals surface area contributed by atoms with Gasteiger partial charge in [0.25, 0.3) is 0 Å². The quantitative estimate of drug-likeness (QED) is 0.0351. The minimum absolute atomic E-state index is 0.0197. The van der Waals surface area contributed by atoms with Crippen molar-refractivity contribution in [2.75, 3.05) is 33.0 Å². The van der Waals surface area contributed by atoms with Gasteiger partial charge in [-0.2, -0.15) is 0 Å². The number of hydrogen-bond donors (Lipinski definition) is 2. The summed E-state index contributed by atoms with van der Waals surface area (Å²) in [6, 6.07) is 22.2. The lowest BCUT2D eigenvalue weighted by molar-refractivity contribution is -0.139. The Balaban J connectivity index is 1.52. The molecule has 1 aliphatic carbocycles. The molecule has 3 aromatic carbocycles. The third-order valence-electron chi connectivity index (χ3n) is 11.0. The number of unbranched alkanes of at least 4 members (excludes halogenated alkanes) is 2. The summed E-state index contributed by atoms with van der Waals surface area (Å²) in [7, 11) is 0. The van der Waals surface area contributed by atoms with Gasteiger partial charge in [-0.1, -0.05) is 108 Å². The third-order valence-corrected chi connectivity index (χ3v) is 11.0. The zero-order valence-corrected chi connectivity index (χ0v) is 33.4. The summed E-state index contributed by atoms with van der Waals surface area (Å²) in [5.74, 6) is 2.25. The van der Waals surface area contributed by atoms with E-state index in [9.17, 15) is 15.0 Å². The molecule has 1 fully saturated rings. The number of carbonyl (C=O) groups is 1. The molecule has 6 nitrogen and oxygen atoms in total. The smallest absolute Gasteiger partial charge is 0.333 e. The van der Waals surface area contributed by atoms with Crippen LogP contribution in [0.4, 0.5) is 0 Å². The lowest BCUT2D eigenvalue weighted by atomic mass is 9.77. The predicted molar refractivity (Wildman–Crippen MR) is 222 cm³/mol. The number of benzene rings is 3. The molecule has 0 saturated heterocycles. The van der Waals surface area contributed by atoms with E-state index in [-0.39, 0.29) is 33.0 Å². The maximum absolute atomic E-state index is 12.0. The van der Waals surface area contributed by atoms with Gasteiger partial charge in [0.1, 0.15) is 24.7 Å². The number of esters is 1. The number of aryl methyl sites for hydroxylation is 2. The Hall–Kier alpha value is -4.13. The van der Waals surface area contributed by atoms with Crippen molar-refractivity contribution in [3.8, 4) is 28.0 Å². The molecule has 0 atom stereocenters. The highest BCUT2D eigenvalue weighted by molar-refractivity contribution is 5.86. The molecule has 3 aromatic rings. The predicted octanol–water partition coefficient (Wildman–Crippen LogP) is 10.9. The van der Waals surface area contributed by atoms with Crippen LogP contribution in [0.1, 0.15) is 108 Å². The van der Waals surface area contributed by atoms with E-state index in [1.54, 1.807) is 13.8 Å². The van der Waals surface area contributed by atoms with Gasteiger partial charge in [-0.3, -0.25) is 0 Å². The van der Waals surface area contributed by atoms with Crippen LogP contribution in [-0.2, 0) is 27.1 Å². The molecule has 1 aliphatic rings. The molecule has 1 saturated carbocycles. The zero-order valence-electron chi connectivity index (χ0n) is 33.4. The van der Waals surface area contributed by atoms with Gasteiger partial charge in [0.05, 0.1) is 25.2 Å². The van der Waals surface area contributed by atoms with E-state index in [4.69, 9.17) is 14.2 Å². The maximum atomic E-state index is 12.0. The number of hydrogen-bond acceptors (Lipinski definition) is 6. The molecule has 0 bridgehead atoms. The van der Waals surface area contributed by atoms with Gasteiger partial charge in [0.2, 0.25) is 0 Å². The molecule has 0 aliphatic heterocycles. The maximum Gasteiger partial charge on any atom is 0.333 e. The lowest BCUT2D eigenvalue weighted by Gasteiger charge is -2.30. The summed E-state index contributed by atoms with van der Waals surface area (Å²) in [6.45, 7) is 18.8. The number of aliphatic hydroxyl groups excluding tert-OH is 2. The number of carbonyl (C=O) groups excluding carboxylic acids is 1. The third kappa shape index (κ3) is 11.9. The van der Waals surface area contributed by atoms with Crippen LogP contribution in [-0.4, -0.2) is 49.2 Å². The van der Waals surface area contributed by atoms with E-state index >= 15 is 0 Å². The van der Waals surface area contributed by atoms with Crippen LogP contribution in [0, 0.1) is 11.3 Å². The molecular weight excluding hydrogens is 673 g/mol. The fourth-order valence-corrected chi connectivity index (χ4v) is 7.23. The number of aliphatic hydroxyl groups is 2. The highest BCUT2D eigenvalue weighted by atomic mass is 16.5. The summed E-state index contributed by atoms with van der Waals surface area (Å²) in [5, 5.41) is 20.7. The lowest BCUT2D eigenvalue weighted by Crippen LogP contribution is -2.41. The Bertz CT molecular complexity index is 1670. The zero-order chi connectivity index (χ0) is 39.1. The Morgan fingerprint density at radius 3 is 1.96 bits per heavy atom. The normalized spacial score (nSPS) is 15.7. The Kier molecular flexibility index (Phi) is 16.6. The topological polar surface area (TPSA) is 85.2 Å². The summed E-state index contributed by atoms with van der Waals surface area (Å²) in [5.41, 5.74) is 8.13. The van der Waals surface area contributed by atoms with Crippen LogP contribution < -0.4 is 4.74 Å². The average Bonchev–Trinajstić information content (AvgIpc) is 3.20. The SMILES string of the molecule is C=C(C)C(=C)OCC(CO)(CO)COc1cc(CC)c(-c2ccc(-c3ccc(C4CCC(CCCCC)CC4)cc3)cc2)cc1CCCOC(=O)C(=C)C. The molecule has 0 heterocycles. The summed E-state index contributed by atoms with van der Waals surface area (Å²) >= 11 is 0. The first kappa shape index (κ1) is 42.6. The summed E-state index contributed by atoms with van der Waals surface area (Å²) in [4.78, 5) is 12.0. The monoisotopic (exact) mass is 736 g/mol. The van der Waals surface area contributed by atoms with E-state index in [2.05, 4.69) is 94.2 Å². The van der Waals surface area contributed by atoms with Crippen molar-refractivity contribution in [2.24, 2.45) is 11.3 Å². The van der Waals surface area contributed by atoms with Crippen LogP contribution in [0.25, 0.3) is 22.3 Å². The van der Waals surface area contributed by atoms with Gasteiger partial charge in [0.15, 0.2) is 0 Å². The first-order valence-electron chi connectivity index (χ1n) is 20.0. The van der Waals surface area contributed by atoms with Gasteiger partial charge in [-0.25, -0.2) is 4.79 Å². The van der Waals surface area contributed by atoms with Crippen molar-refractivity contribution in [3.05, 3.63) is 114 Å². The first-order valence-corrected chi connectivity index (χ1v) is 20.0. The van der Waals surface area contributed by atoms with Gasteiger partial charge >= 0.3 is 5.97 Å². The number of ether oxygens (including phenoxy) is 3. The highest BCUT2D eigenvalue weighted by Crippen LogP contribution is 2.39. The van der Waals surface area contributed by atoms with Crippen molar-refractivity contribution >= 4 is 5.97 Å². The molecule has 0 unspecified atom stereocenters. The molecule has 0 radical (unpaired) electrons. The van der Waals surface area contributed by atoms with Crippen molar-refractivity contribution in [1.29, 1.82) is 0 Å². The van der Waals surface area contributed by atoms with Crippen molar-refractivity contribution in [3.63, 3.8) is 0 Å². The molecule has 292 valence electrons. The largest absolute Gasteiger partial charge is 0.493 e. The van der Waals surface area contributed by atoms with E-state index in [1.807, 2.05) is 0 Å². The van der Waals surface area contributed by atoms with Crippen LogP contribution >= 0.6 is 0 Å². The molecule has 54 heavy (non-hydrogen) atoms. The van der Waals surface area contributed by atoms with Crippen LogP contribution in [0.5, 0.6) is 5.75 Å². The van der Waals surface area contributed by atoms with E-state index in [0.29, 0.717) is 41.4 Å². The van der Waals surface area contributed by atoms with Gasteiger partial charge in [0, 0.05) is 5.57 Å². The molecule has 4 rings (SSSR count). The molecule has 0 aromatic heterocycles. The fourth-order valence-electron chi connectivity index (χ4n) is 7.23. The highest BCUT2D eigenvalue weighted by Gasteiger charge is 2.32. The van der Waals surface area contributed by atoms with Gasteiger partial charge < -0.3 is 24.4 Å². The second kappa shape index (κ2) is 21.1. The minimum atomic E-state index is -1.06. The molecule has 0 amide bonds. The molecular formula is C48H64O6. The number of rotatable bonds is 22. The van der Waals surface area contributed by atoms with E-state index < -0.39 is 11.4 Å². The molecule has 0 spiro atoms. The van der Waals surface area contributed by atoms with E-state index in [0.717, 1.165) is 34.6 Å². The van der Waals surface area contributed by atoms with Crippen LogP contribution in [0.15, 0.2) is 97.3 Å². The Labute approximate surface area is 325 Å². The number of allylic oxidation sites excluding steroid dienone is 1. The Morgan fingerprint density at radius 2 is 1.39 bits per heavy atom. The van der Waals surface area contributed by atoms with E-state index in [1.165, 1.54) is 68.1 Å². The van der Waals surface area contributed by atoms with Crippen LogP contribution in [0.3, 0.4) is 0 Å².